The molecule has 0 bridgehead atoms. The molecule has 0 spiro atoms. The molecule has 5 nitrogen and oxygen atoms in total. The van der Waals surface area contributed by atoms with E-state index in [1.807, 2.05) is 36.4 Å². The van der Waals surface area contributed by atoms with E-state index in [-0.39, 0.29) is 5.91 Å². The molecule has 21 heavy (non-hydrogen) atoms. The number of nitrogens with zero attached hydrogens (tertiary/aromatic N) is 3. The summed E-state index contributed by atoms with van der Waals surface area (Å²) in [4.78, 5) is 16.0. The van der Waals surface area contributed by atoms with E-state index in [4.69, 9.17) is 0 Å². The molecule has 0 unspecified atom stereocenters. The molecule has 3 rings (SSSR count). The summed E-state index contributed by atoms with van der Waals surface area (Å²) in [7, 11) is 0. The molecular weight excluding hydrogens is 332 g/mol. The number of carbonyl (C=O) groups is 1. The molecule has 6 heteroatoms. The van der Waals surface area contributed by atoms with Gasteiger partial charge in [0.1, 0.15) is 12.7 Å². The van der Waals surface area contributed by atoms with Gasteiger partial charge in [0.05, 0.1) is 5.69 Å². The van der Waals surface area contributed by atoms with E-state index in [1.165, 1.54) is 6.33 Å². The smallest absolute Gasteiger partial charge is 0.255 e. The molecule has 0 aliphatic heterocycles. The van der Waals surface area contributed by atoms with E-state index >= 15 is 0 Å². The van der Waals surface area contributed by atoms with Crippen LogP contribution in [0.4, 0.5) is 5.69 Å². The van der Waals surface area contributed by atoms with Gasteiger partial charge in [0.15, 0.2) is 0 Å². The van der Waals surface area contributed by atoms with Crippen molar-refractivity contribution in [3.8, 4) is 5.69 Å². The largest absolute Gasteiger partial charge is 0.322 e. The maximum Gasteiger partial charge on any atom is 0.255 e. The Balaban J connectivity index is 1.74. The third kappa shape index (κ3) is 3.17. The van der Waals surface area contributed by atoms with Crippen molar-refractivity contribution in [3.63, 3.8) is 0 Å². The van der Waals surface area contributed by atoms with Crippen LogP contribution in [0.5, 0.6) is 0 Å². The number of hydrogen-bond acceptors (Lipinski definition) is 3. The summed E-state index contributed by atoms with van der Waals surface area (Å²) in [5, 5.41) is 6.88. The van der Waals surface area contributed by atoms with Crippen LogP contribution in [0.2, 0.25) is 0 Å². The molecule has 1 aromatic heterocycles. The van der Waals surface area contributed by atoms with Crippen LogP contribution < -0.4 is 5.32 Å². The van der Waals surface area contributed by atoms with Crippen LogP contribution in [0.3, 0.4) is 0 Å². The highest BCUT2D eigenvalue weighted by Crippen LogP contribution is 2.15. The highest BCUT2D eigenvalue weighted by Gasteiger charge is 2.06. The SMILES string of the molecule is O=C(Nc1ccc(Br)cc1)c1ccc(-n2cncn2)cc1. The average Bonchev–Trinajstić information content (AvgIpc) is 3.04. The van der Waals surface area contributed by atoms with Gasteiger partial charge in [-0.05, 0) is 48.5 Å². The molecule has 0 aliphatic rings. The van der Waals surface area contributed by atoms with E-state index in [0.29, 0.717) is 5.56 Å². The lowest BCUT2D eigenvalue weighted by Crippen LogP contribution is -2.11. The first-order chi connectivity index (χ1) is 10.2. The Bertz CT molecular complexity index is 736. The Hall–Kier alpha value is -2.47. The number of hydrogen-bond donors (Lipinski definition) is 1. The van der Waals surface area contributed by atoms with Gasteiger partial charge in [-0.1, -0.05) is 15.9 Å². The number of amides is 1. The number of nitrogens with one attached hydrogen (secondary N) is 1. The van der Waals surface area contributed by atoms with Gasteiger partial charge in [-0.25, -0.2) is 9.67 Å². The van der Waals surface area contributed by atoms with Crippen LogP contribution in [0, 0.1) is 0 Å². The third-order valence-corrected chi connectivity index (χ3v) is 3.44. The normalized spacial score (nSPS) is 10.3. The molecular formula is C15H11BrN4O. The lowest BCUT2D eigenvalue weighted by molar-refractivity contribution is 0.102. The van der Waals surface area contributed by atoms with Gasteiger partial charge >= 0.3 is 0 Å². The van der Waals surface area contributed by atoms with Gasteiger partial charge in [-0.3, -0.25) is 4.79 Å². The van der Waals surface area contributed by atoms with Crippen molar-refractivity contribution < 1.29 is 4.79 Å². The minimum atomic E-state index is -0.150. The van der Waals surface area contributed by atoms with E-state index in [2.05, 4.69) is 31.3 Å². The van der Waals surface area contributed by atoms with E-state index in [0.717, 1.165) is 15.8 Å². The predicted molar refractivity (Wildman–Crippen MR) is 83.5 cm³/mol. The lowest BCUT2D eigenvalue weighted by Gasteiger charge is -2.06. The number of aromatic nitrogens is 3. The first-order valence-corrected chi connectivity index (χ1v) is 7.04. The molecule has 0 aliphatic carbocycles. The van der Waals surface area contributed by atoms with E-state index in [9.17, 15) is 4.79 Å². The fourth-order valence-electron chi connectivity index (χ4n) is 1.84. The monoisotopic (exact) mass is 342 g/mol. The second-order valence-corrected chi connectivity index (χ2v) is 5.26. The molecule has 1 heterocycles. The maximum absolute atomic E-state index is 12.1. The number of rotatable bonds is 3. The van der Waals surface area contributed by atoms with Crippen LogP contribution in [-0.4, -0.2) is 20.7 Å². The Labute approximate surface area is 129 Å². The second kappa shape index (κ2) is 5.88. The molecule has 1 amide bonds. The van der Waals surface area contributed by atoms with Gasteiger partial charge < -0.3 is 5.32 Å². The molecule has 0 fully saturated rings. The standard InChI is InChI=1S/C15H11BrN4O/c16-12-3-5-13(6-4-12)19-15(21)11-1-7-14(8-2-11)20-10-17-9-18-20/h1-10H,(H,19,21). The Morgan fingerprint density at radius 2 is 1.76 bits per heavy atom. The highest BCUT2D eigenvalue weighted by atomic mass is 79.9. The van der Waals surface area contributed by atoms with Crippen molar-refractivity contribution in [1.82, 2.24) is 14.8 Å². The average molecular weight is 343 g/mol. The summed E-state index contributed by atoms with van der Waals surface area (Å²) < 4.78 is 2.61. The minimum absolute atomic E-state index is 0.150. The predicted octanol–water partition coefficient (Wildman–Crippen LogP) is 3.28. The van der Waals surface area contributed by atoms with Crippen molar-refractivity contribution in [1.29, 1.82) is 0 Å². The van der Waals surface area contributed by atoms with E-state index < -0.39 is 0 Å². The summed E-state index contributed by atoms with van der Waals surface area (Å²) >= 11 is 3.36. The molecule has 0 radical (unpaired) electrons. The molecule has 0 saturated heterocycles. The van der Waals surface area contributed by atoms with Crippen molar-refractivity contribution in [3.05, 3.63) is 71.2 Å². The first-order valence-electron chi connectivity index (χ1n) is 6.24. The molecule has 0 atom stereocenters. The van der Waals surface area contributed by atoms with Gasteiger partial charge in [0, 0.05) is 15.7 Å². The van der Waals surface area contributed by atoms with Gasteiger partial charge in [0.2, 0.25) is 0 Å². The molecule has 104 valence electrons. The molecule has 3 aromatic rings. The summed E-state index contributed by atoms with van der Waals surface area (Å²) in [5.41, 5.74) is 2.19. The lowest BCUT2D eigenvalue weighted by atomic mass is 10.2. The Morgan fingerprint density at radius 3 is 2.38 bits per heavy atom. The van der Waals surface area contributed by atoms with E-state index in [1.54, 1.807) is 23.1 Å². The third-order valence-electron chi connectivity index (χ3n) is 2.91. The van der Waals surface area contributed by atoms with Crippen LogP contribution in [0.1, 0.15) is 10.4 Å². The number of carbonyl (C=O) groups excluding carboxylic acids is 1. The first kappa shape index (κ1) is 13.5. The Kier molecular flexibility index (Phi) is 3.79. The topological polar surface area (TPSA) is 59.8 Å². The second-order valence-electron chi connectivity index (χ2n) is 4.35. The summed E-state index contributed by atoms with van der Waals surface area (Å²) in [5.74, 6) is -0.150. The zero-order chi connectivity index (χ0) is 14.7. The van der Waals surface area contributed by atoms with Crippen molar-refractivity contribution >= 4 is 27.5 Å². The van der Waals surface area contributed by atoms with Crippen LogP contribution in [0.25, 0.3) is 5.69 Å². The van der Waals surface area contributed by atoms with Crippen LogP contribution in [-0.2, 0) is 0 Å². The number of benzene rings is 2. The van der Waals surface area contributed by atoms with Gasteiger partial charge in [-0.15, -0.1) is 0 Å². The van der Waals surface area contributed by atoms with Crippen LogP contribution >= 0.6 is 15.9 Å². The molecule has 1 N–H and O–H groups in total. The summed E-state index contributed by atoms with van der Waals surface area (Å²) in [6.07, 6.45) is 3.07. The zero-order valence-electron chi connectivity index (χ0n) is 10.9. The fourth-order valence-corrected chi connectivity index (χ4v) is 2.11. The zero-order valence-corrected chi connectivity index (χ0v) is 12.5. The maximum atomic E-state index is 12.1. The van der Waals surface area contributed by atoms with Crippen LogP contribution in [0.15, 0.2) is 65.7 Å². The quantitative estimate of drug-likeness (QED) is 0.794. The van der Waals surface area contributed by atoms with Crippen molar-refractivity contribution in [2.45, 2.75) is 0 Å². The minimum Gasteiger partial charge on any atom is -0.322 e. The van der Waals surface area contributed by atoms with Gasteiger partial charge in [0.25, 0.3) is 5.91 Å². The molecule has 2 aromatic carbocycles. The van der Waals surface area contributed by atoms with Crippen molar-refractivity contribution in [2.24, 2.45) is 0 Å². The number of anilines is 1. The molecule has 0 saturated carbocycles. The number of halogens is 1. The summed E-state index contributed by atoms with van der Waals surface area (Å²) in [6.45, 7) is 0. The van der Waals surface area contributed by atoms with Gasteiger partial charge in [-0.2, -0.15) is 5.10 Å². The Morgan fingerprint density at radius 1 is 1.05 bits per heavy atom. The highest BCUT2D eigenvalue weighted by molar-refractivity contribution is 9.10. The summed E-state index contributed by atoms with van der Waals surface area (Å²) in [6, 6.07) is 14.6. The fraction of sp³-hybridized carbons (Fsp3) is 0. The van der Waals surface area contributed by atoms with Crippen molar-refractivity contribution in [2.75, 3.05) is 5.32 Å².